The van der Waals surface area contributed by atoms with Gasteiger partial charge in [0.1, 0.15) is 6.10 Å². The normalized spacial score (nSPS) is 14.7. The number of hydrogen-bond donors (Lipinski definition) is 0. The smallest absolute Gasteiger partial charge is 0.338 e. The zero-order valence-electron chi connectivity index (χ0n) is 15.5. The molecule has 3 atom stereocenters. The van der Waals surface area contributed by atoms with Crippen molar-refractivity contribution in [1.82, 2.24) is 0 Å². The first kappa shape index (κ1) is 22.0. The highest BCUT2D eigenvalue weighted by Gasteiger charge is 2.21. The van der Waals surface area contributed by atoms with Gasteiger partial charge in [-0.15, -0.1) is 0 Å². The molecule has 0 bridgehead atoms. The molecule has 0 aliphatic carbocycles. The van der Waals surface area contributed by atoms with E-state index in [2.05, 4.69) is 0 Å². The Bertz CT molecular complexity index is 547. The third-order valence-corrected chi connectivity index (χ3v) is 6.73. The fourth-order valence-electron chi connectivity index (χ4n) is 2.22. The van der Waals surface area contributed by atoms with Crippen LogP contribution in [0.25, 0.3) is 0 Å². The second-order valence-corrected chi connectivity index (χ2v) is 9.46. The van der Waals surface area contributed by atoms with E-state index in [-0.39, 0.29) is 11.5 Å². The summed E-state index contributed by atoms with van der Waals surface area (Å²) in [5, 5.41) is 0. The second kappa shape index (κ2) is 12.4. The Morgan fingerprint density at radius 3 is 1.88 bits per heavy atom. The van der Waals surface area contributed by atoms with Crippen LogP contribution in [-0.4, -0.2) is 43.5 Å². The van der Waals surface area contributed by atoms with Gasteiger partial charge in [0, 0.05) is 33.1 Å². The molecule has 0 radical (unpaired) electrons. The van der Waals surface area contributed by atoms with E-state index in [1.807, 2.05) is 32.9 Å². The van der Waals surface area contributed by atoms with E-state index in [0.717, 1.165) is 31.2 Å². The maximum atomic E-state index is 12.3. The number of hydrogen-bond acceptors (Lipinski definition) is 4. The lowest BCUT2D eigenvalue weighted by Gasteiger charge is -2.17. The number of carbonyl (C=O) groups is 1. The number of ether oxygens (including phenoxy) is 1. The van der Waals surface area contributed by atoms with Crippen LogP contribution in [0.5, 0.6) is 0 Å². The van der Waals surface area contributed by atoms with Gasteiger partial charge < -0.3 is 4.74 Å². The lowest BCUT2D eigenvalue weighted by atomic mass is 10.1. The average molecular weight is 387 g/mol. The van der Waals surface area contributed by atoms with Crippen molar-refractivity contribution >= 4 is 27.6 Å². The van der Waals surface area contributed by atoms with Gasteiger partial charge in [-0.25, -0.2) is 4.79 Å². The van der Waals surface area contributed by atoms with E-state index in [4.69, 9.17) is 4.74 Å². The van der Waals surface area contributed by atoms with Gasteiger partial charge in [0.05, 0.1) is 17.1 Å². The third-order valence-electron chi connectivity index (χ3n) is 3.76. The summed E-state index contributed by atoms with van der Waals surface area (Å²) in [5.41, 5.74) is 1.53. The zero-order chi connectivity index (χ0) is 18.7. The maximum Gasteiger partial charge on any atom is 0.338 e. The van der Waals surface area contributed by atoms with Gasteiger partial charge in [-0.05, 0) is 31.9 Å². The Morgan fingerprint density at radius 1 is 0.960 bits per heavy atom. The summed E-state index contributed by atoms with van der Waals surface area (Å²) in [6, 6.07) is 7.14. The minimum absolute atomic E-state index is 0.259. The summed E-state index contributed by atoms with van der Waals surface area (Å²) in [5.74, 6) is 1.27. The largest absolute Gasteiger partial charge is 0.457 e. The van der Waals surface area contributed by atoms with Crippen LogP contribution in [0.2, 0.25) is 0 Å². The van der Waals surface area contributed by atoms with Crippen LogP contribution in [0.1, 0.15) is 55.5 Å². The van der Waals surface area contributed by atoms with E-state index in [9.17, 15) is 13.2 Å². The van der Waals surface area contributed by atoms with Crippen LogP contribution in [-0.2, 0) is 26.3 Å². The van der Waals surface area contributed by atoms with Crippen LogP contribution in [0.15, 0.2) is 24.3 Å². The van der Waals surface area contributed by atoms with Gasteiger partial charge in [0.2, 0.25) is 0 Å². The van der Waals surface area contributed by atoms with Crippen molar-refractivity contribution in [3.8, 4) is 0 Å². The summed E-state index contributed by atoms with van der Waals surface area (Å²) in [4.78, 5) is 12.3. The van der Waals surface area contributed by atoms with E-state index < -0.39 is 33.7 Å². The monoisotopic (exact) mass is 386 g/mol. The molecule has 0 heterocycles. The highest BCUT2D eigenvalue weighted by atomic mass is 32.2. The molecule has 0 N–H and O–H groups in total. The molecule has 0 aromatic heterocycles. The number of carbonyl (C=O) groups excluding carboxylic acids is 1. The zero-order valence-corrected chi connectivity index (χ0v) is 17.1. The molecule has 4 nitrogen and oxygen atoms in total. The van der Waals surface area contributed by atoms with Gasteiger partial charge in [-0.1, -0.05) is 44.4 Å². The molecule has 0 saturated carbocycles. The van der Waals surface area contributed by atoms with E-state index >= 15 is 0 Å². The quantitative estimate of drug-likeness (QED) is 0.515. The summed E-state index contributed by atoms with van der Waals surface area (Å²) >= 11 is 0. The predicted molar refractivity (Wildman–Crippen MR) is 106 cm³/mol. The van der Waals surface area contributed by atoms with Crippen molar-refractivity contribution < 1.29 is 17.9 Å². The molecular weight excluding hydrogens is 356 g/mol. The molecule has 1 aromatic carbocycles. The Balaban J connectivity index is 2.71. The first-order chi connectivity index (χ1) is 12.0. The molecule has 0 saturated heterocycles. The van der Waals surface area contributed by atoms with E-state index in [1.54, 1.807) is 12.1 Å². The second-order valence-electron chi connectivity index (χ2n) is 6.22. The number of unbranched alkanes of at least 4 members (excludes halogenated alkanes) is 2. The Kier molecular flexibility index (Phi) is 10.9. The lowest BCUT2D eigenvalue weighted by molar-refractivity contribution is 0.0391. The van der Waals surface area contributed by atoms with Crippen molar-refractivity contribution in [3.05, 3.63) is 35.4 Å². The van der Waals surface area contributed by atoms with Crippen molar-refractivity contribution in [2.75, 3.05) is 23.0 Å². The molecule has 0 spiro atoms. The number of rotatable bonds is 12. The molecule has 0 aliphatic heterocycles. The summed E-state index contributed by atoms with van der Waals surface area (Å²) < 4.78 is 29.9. The van der Waals surface area contributed by atoms with Crippen molar-refractivity contribution in [3.63, 3.8) is 0 Å². The van der Waals surface area contributed by atoms with Gasteiger partial charge in [0.15, 0.2) is 0 Å². The van der Waals surface area contributed by atoms with E-state index in [1.165, 1.54) is 0 Å². The summed E-state index contributed by atoms with van der Waals surface area (Å²) in [6.45, 7) is 6.05. The number of benzene rings is 1. The van der Waals surface area contributed by atoms with Crippen molar-refractivity contribution in [1.29, 1.82) is 0 Å². The van der Waals surface area contributed by atoms with Crippen LogP contribution in [0.3, 0.4) is 0 Å². The molecule has 0 amide bonds. The molecule has 0 aliphatic rings. The summed E-state index contributed by atoms with van der Waals surface area (Å²) in [6.07, 6.45) is 3.14. The lowest BCUT2D eigenvalue weighted by Crippen LogP contribution is -2.31. The minimum atomic E-state index is -1.06. The van der Waals surface area contributed by atoms with Crippen LogP contribution in [0.4, 0.5) is 0 Å². The minimum Gasteiger partial charge on any atom is -0.457 e. The highest BCUT2D eigenvalue weighted by molar-refractivity contribution is 7.86. The van der Waals surface area contributed by atoms with Crippen LogP contribution >= 0.6 is 0 Å². The Labute approximate surface area is 156 Å². The highest BCUT2D eigenvalue weighted by Crippen LogP contribution is 2.10. The van der Waals surface area contributed by atoms with Crippen LogP contribution < -0.4 is 0 Å². The molecule has 1 aromatic rings. The standard InChI is InChI=1S/C19H30O4S2/c1-4-6-12-24(21)14-18(15-25(22)13-7-5-2)23-19(20)17-10-8-16(3)9-11-17/h8-11,18H,4-7,12-15H2,1-3H3/t18?,24-,25+. The predicted octanol–water partition coefficient (Wildman–Crippen LogP) is 3.62. The molecule has 1 rings (SSSR count). The molecule has 0 fully saturated rings. The Morgan fingerprint density at radius 2 is 1.44 bits per heavy atom. The van der Waals surface area contributed by atoms with Gasteiger partial charge >= 0.3 is 5.97 Å². The molecule has 6 heteroatoms. The maximum absolute atomic E-state index is 12.3. The van der Waals surface area contributed by atoms with Crippen molar-refractivity contribution in [2.24, 2.45) is 0 Å². The summed E-state index contributed by atoms with van der Waals surface area (Å²) in [7, 11) is -2.12. The SMILES string of the molecule is CCCC[S@@](=O)CC(C[S@@](=O)CCCC)OC(=O)c1ccc(C)cc1. The molecule has 142 valence electrons. The van der Waals surface area contributed by atoms with Crippen molar-refractivity contribution in [2.45, 2.75) is 52.6 Å². The van der Waals surface area contributed by atoms with Gasteiger partial charge in [-0.3, -0.25) is 8.42 Å². The van der Waals surface area contributed by atoms with Crippen LogP contribution in [0, 0.1) is 6.92 Å². The van der Waals surface area contributed by atoms with Gasteiger partial charge in [-0.2, -0.15) is 0 Å². The van der Waals surface area contributed by atoms with E-state index in [0.29, 0.717) is 17.1 Å². The number of esters is 1. The fourth-order valence-corrected chi connectivity index (χ4v) is 5.12. The first-order valence-electron chi connectivity index (χ1n) is 8.93. The fraction of sp³-hybridized carbons (Fsp3) is 0.632. The van der Waals surface area contributed by atoms with Gasteiger partial charge in [0.25, 0.3) is 0 Å². The average Bonchev–Trinajstić information content (AvgIpc) is 2.58. The number of aryl methyl sites for hydroxylation is 1. The topological polar surface area (TPSA) is 60.4 Å². The molecular formula is C19H30O4S2. The molecule has 25 heavy (non-hydrogen) atoms. The molecule has 1 unspecified atom stereocenters. The third kappa shape index (κ3) is 9.31. The first-order valence-corrected chi connectivity index (χ1v) is 11.9. The Hall–Kier alpha value is -1.01.